The van der Waals surface area contributed by atoms with Crippen molar-refractivity contribution in [1.29, 1.82) is 0 Å². The number of nitrogen functional groups attached to an aromatic ring is 1. The third kappa shape index (κ3) is 1.26. The molecule has 3 rings (SSSR count). The Morgan fingerprint density at radius 2 is 2.31 bits per heavy atom. The molecule has 0 aliphatic carbocycles. The highest BCUT2D eigenvalue weighted by Gasteiger charge is 2.20. The minimum absolute atomic E-state index is 0.430. The number of aromatic nitrogens is 1. The van der Waals surface area contributed by atoms with Crippen molar-refractivity contribution in [2.24, 2.45) is 0 Å². The van der Waals surface area contributed by atoms with Crippen molar-refractivity contribution in [3.8, 4) is 11.3 Å². The van der Waals surface area contributed by atoms with Gasteiger partial charge in [0.25, 0.3) is 0 Å². The Labute approximate surface area is 93.6 Å². The van der Waals surface area contributed by atoms with E-state index in [2.05, 4.69) is 29.2 Å². The Kier molecular flexibility index (Phi) is 1.89. The molecule has 0 amide bonds. The van der Waals surface area contributed by atoms with E-state index in [0.29, 0.717) is 5.82 Å². The molecule has 2 N–H and O–H groups in total. The zero-order chi connectivity index (χ0) is 11.1. The smallest absolute Gasteiger partial charge is 0.169 e. The Hall–Kier alpha value is -1.97. The van der Waals surface area contributed by atoms with E-state index in [4.69, 9.17) is 10.3 Å². The Morgan fingerprint density at radius 3 is 3.06 bits per heavy atom. The van der Waals surface area contributed by atoms with E-state index in [1.54, 1.807) is 6.07 Å². The third-order valence-electron chi connectivity index (χ3n) is 3.05. The highest BCUT2D eigenvalue weighted by atomic mass is 16.5. The predicted molar refractivity (Wildman–Crippen MR) is 63.3 cm³/mol. The molecule has 0 atom stereocenters. The molecule has 0 radical (unpaired) electrons. The second-order valence-corrected chi connectivity index (χ2v) is 4.09. The number of benzene rings is 1. The van der Waals surface area contributed by atoms with Crippen molar-refractivity contribution in [1.82, 2.24) is 5.16 Å². The first-order valence-corrected chi connectivity index (χ1v) is 5.31. The van der Waals surface area contributed by atoms with E-state index in [1.165, 1.54) is 11.3 Å². The average Bonchev–Trinajstić information content (AvgIpc) is 2.86. The van der Waals surface area contributed by atoms with Crippen LogP contribution in [0.1, 0.15) is 5.56 Å². The second kappa shape index (κ2) is 3.27. The molecule has 2 heterocycles. The molecule has 0 fully saturated rings. The van der Waals surface area contributed by atoms with Crippen molar-refractivity contribution in [3.05, 3.63) is 29.8 Å². The quantitative estimate of drug-likeness (QED) is 0.789. The Balaban J connectivity index is 2.16. The maximum atomic E-state index is 5.57. The van der Waals surface area contributed by atoms with Gasteiger partial charge in [-0.3, -0.25) is 0 Å². The van der Waals surface area contributed by atoms with Crippen molar-refractivity contribution in [3.63, 3.8) is 0 Å². The summed E-state index contributed by atoms with van der Waals surface area (Å²) in [6, 6.07) is 7.99. The van der Waals surface area contributed by atoms with E-state index in [0.717, 1.165) is 24.3 Å². The number of nitrogens with zero attached hydrogens (tertiary/aromatic N) is 2. The number of hydrogen-bond donors (Lipinski definition) is 1. The molecule has 1 aromatic carbocycles. The lowest BCUT2D eigenvalue weighted by Crippen LogP contribution is -2.12. The van der Waals surface area contributed by atoms with Gasteiger partial charge < -0.3 is 15.2 Å². The predicted octanol–water partition coefficient (Wildman–Crippen LogP) is 1.92. The summed E-state index contributed by atoms with van der Waals surface area (Å²) in [5.74, 6) is 1.18. The molecule has 2 aromatic rings. The van der Waals surface area contributed by atoms with Gasteiger partial charge in [-0.05, 0) is 18.1 Å². The summed E-state index contributed by atoms with van der Waals surface area (Å²) in [6.07, 6.45) is 1.04. The zero-order valence-corrected chi connectivity index (χ0v) is 9.10. The SMILES string of the molecule is CN1CCc2c(-c3cc(N)no3)cccc21. The first-order valence-electron chi connectivity index (χ1n) is 5.31. The number of nitrogens with two attached hydrogens (primary N) is 1. The van der Waals surface area contributed by atoms with Gasteiger partial charge in [-0.25, -0.2) is 0 Å². The number of fused-ring (bicyclic) bond motifs is 1. The molecule has 0 unspecified atom stereocenters. The minimum atomic E-state index is 0.430. The highest BCUT2D eigenvalue weighted by molar-refractivity contribution is 5.74. The molecule has 1 aromatic heterocycles. The summed E-state index contributed by atoms with van der Waals surface area (Å²) in [6.45, 7) is 1.05. The largest absolute Gasteiger partial charge is 0.381 e. The van der Waals surface area contributed by atoms with Gasteiger partial charge in [0.1, 0.15) is 0 Å². The minimum Gasteiger partial charge on any atom is -0.381 e. The summed E-state index contributed by atoms with van der Waals surface area (Å²) in [7, 11) is 2.10. The average molecular weight is 215 g/mol. The molecule has 16 heavy (non-hydrogen) atoms. The molecule has 0 saturated carbocycles. The monoisotopic (exact) mass is 215 g/mol. The van der Waals surface area contributed by atoms with Crippen LogP contribution in [-0.2, 0) is 6.42 Å². The van der Waals surface area contributed by atoms with Crippen LogP contribution in [-0.4, -0.2) is 18.7 Å². The maximum absolute atomic E-state index is 5.57. The Bertz CT molecular complexity index is 533. The first-order chi connectivity index (χ1) is 7.75. The van der Waals surface area contributed by atoms with E-state index < -0.39 is 0 Å². The Morgan fingerprint density at radius 1 is 1.44 bits per heavy atom. The second-order valence-electron chi connectivity index (χ2n) is 4.09. The molecule has 4 heteroatoms. The standard InChI is InChI=1S/C12H13N3O/c1-15-6-5-8-9(3-2-4-10(8)15)11-7-12(13)14-16-11/h2-4,7H,5-6H2,1H3,(H2,13,14). The number of rotatable bonds is 1. The lowest BCUT2D eigenvalue weighted by Gasteiger charge is -2.11. The van der Waals surface area contributed by atoms with Crippen LogP contribution in [0.2, 0.25) is 0 Å². The van der Waals surface area contributed by atoms with Crippen LogP contribution in [0.15, 0.2) is 28.8 Å². The molecule has 0 saturated heterocycles. The summed E-state index contributed by atoms with van der Waals surface area (Å²) >= 11 is 0. The van der Waals surface area contributed by atoms with Crippen LogP contribution in [0.5, 0.6) is 0 Å². The molecular weight excluding hydrogens is 202 g/mol. The van der Waals surface area contributed by atoms with Crippen molar-refractivity contribution in [2.75, 3.05) is 24.2 Å². The topological polar surface area (TPSA) is 55.3 Å². The molecule has 1 aliphatic heterocycles. The summed E-state index contributed by atoms with van der Waals surface area (Å²) in [4.78, 5) is 2.25. The van der Waals surface area contributed by atoms with Gasteiger partial charge in [-0.1, -0.05) is 17.3 Å². The fourth-order valence-electron chi connectivity index (χ4n) is 2.24. The summed E-state index contributed by atoms with van der Waals surface area (Å²) < 4.78 is 5.22. The van der Waals surface area contributed by atoms with Gasteiger partial charge in [0, 0.05) is 30.9 Å². The molecular formula is C12H13N3O. The normalized spacial score (nSPS) is 14.2. The van der Waals surface area contributed by atoms with Gasteiger partial charge in [0.2, 0.25) is 0 Å². The first kappa shape index (κ1) is 9.27. The molecule has 1 aliphatic rings. The lowest BCUT2D eigenvalue weighted by atomic mass is 10.0. The number of anilines is 2. The highest BCUT2D eigenvalue weighted by Crippen LogP contribution is 2.35. The van der Waals surface area contributed by atoms with Crippen LogP contribution in [0.3, 0.4) is 0 Å². The lowest BCUT2D eigenvalue weighted by molar-refractivity contribution is 0.435. The molecule has 0 spiro atoms. The van der Waals surface area contributed by atoms with E-state index in [9.17, 15) is 0 Å². The molecule has 0 bridgehead atoms. The van der Waals surface area contributed by atoms with Crippen LogP contribution in [0, 0.1) is 0 Å². The van der Waals surface area contributed by atoms with Gasteiger partial charge in [0.05, 0.1) is 0 Å². The summed E-state index contributed by atoms with van der Waals surface area (Å²) in [5, 5.41) is 3.73. The molecule has 4 nitrogen and oxygen atoms in total. The fraction of sp³-hybridized carbons (Fsp3) is 0.250. The fourth-order valence-corrected chi connectivity index (χ4v) is 2.24. The zero-order valence-electron chi connectivity index (χ0n) is 9.10. The van der Waals surface area contributed by atoms with Gasteiger partial charge >= 0.3 is 0 Å². The van der Waals surface area contributed by atoms with Gasteiger partial charge in [-0.2, -0.15) is 0 Å². The van der Waals surface area contributed by atoms with Crippen molar-refractivity contribution in [2.45, 2.75) is 6.42 Å². The van der Waals surface area contributed by atoms with Crippen molar-refractivity contribution < 1.29 is 4.52 Å². The van der Waals surface area contributed by atoms with E-state index in [1.807, 2.05) is 6.07 Å². The molecule has 82 valence electrons. The number of hydrogen-bond acceptors (Lipinski definition) is 4. The van der Waals surface area contributed by atoms with Crippen molar-refractivity contribution >= 4 is 11.5 Å². The van der Waals surface area contributed by atoms with Crippen LogP contribution in [0.25, 0.3) is 11.3 Å². The van der Waals surface area contributed by atoms with Crippen LogP contribution in [0.4, 0.5) is 11.5 Å². The van der Waals surface area contributed by atoms with E-state index >= 15 is 0 Å². The van der Waals surface area contributed by atoms with Gasteiger partial charge in [-0.15, -0.1) is 0 Å². The van der Waals surface area contributed by atoms with E-state index in [-0.39, 0.29) is 0 Å². The van der Waals surface area contributed by atoms with Crippen LogP contribution < -0.4 is 10.6 Å². The third-order valence-corrected chi connectivity index (χ3v) is 3.05. The van der Waals surface area contributed by atoms with Gasteiger partial charge in [0.15, 0.2) is 11.6 Å². The number of likely N-dealkylation sites (N-methyl/N-ethyl adjacent to an activating group) is 1. The summed E-state index contributed by atoms with van der Waals surface area (Å²) in [5.41, 5.74) is 9.27. The van der Waals surface area contributed by atoms with Crippen LogP contribution >= 0.6 is 0 Å². The maximum Gasteiger partial charge on any atom is 0.169 e.